The molecular formula is C16H23FN2S. The van der Waals surface area contributed by atoms with Gasteiger partial charge in [0.1, 0.15) is 10.8 Å². The molecule has 1 aromatic carbocycles. The number of hydrogen-bond donors (Lipinski definition) is 2. The molecule has 20 heavy (non-hydrogen) atoms. The van der Waals surface area contributed by atoms with Crippen LogP contribution in [0.2, 0.25) is 0 Å². The molecule has 4 heteroatoms. The van der Waals surface area contributed by atoms with Gasteiger partial charge >= 0.3 is 0 Å². The highest BCUT2D eigenvalue weighted by atomic mass is 32.1. The van der Waals surface area contributed by atoms with Crippen LogP contribution in [0.25, 0.3) is 0 Å². The number of thiocarbonyl (C=S) groups is 1. The third-order valence-corrected chi connectivity index (χ3v) is 4.49. The van der Waals surface area contributed by atoms with Gasteiger partial charge in [-0.2, -0.15) is 0 Å². The Morgan fingerprint density at radius 2 is 2.10 bits per heavy atom. The lowest BCUT2D eigenvalue weighted by atomic mass is 9.83. The van der Waals surface area contributed by atoms with E-state index in [1.54, 1.807) is 12.1 Å². The molecule has 0 spiro atoms. The largest absolute Gasteiger partial charge is 0.389 e. The predicted octanol–water partition coefficient (Wildman–Crippen LogP) is 4.23. The molecule has 1 fully saturated rings. The fraction of sp³-hybridized carbons (Fsp3) is 0.562. The minimum Gasteiger partial charge on any atom is -0.389 e. The topological polar surface area (TPSA) is 38.0 Å². The first-order valence-corrected chi connectivity index (χ1v) is 7.88. The van der Waals surface area contributed by atoms with Crippen LogP contribution in [0.15, 0.2) is 18.2 Å². The molecule has 1 saturated carbocycles. The second kappa shape index (κ2) is 7.02. The minimum absolute atomic E-state index is 0.231. The number of halogens is 1. The van der Waals surface area contributed by atoms with E-state index in [-0.39, 0.29) is 10.8 Å². The molecule has 2 nitrogen and oxygen atoms in total. The fourth-order valence-electron chi connectivity index (χ4n) is 3.07. The molecule has 0 radical (unpaired) electrons. The smallest absolute Gasteiger partial charge is 0.146 e. The molecule has 0 saturated heterocycles. The molecule has 1 unspecified atom stereocenters. The molecule has 2 rings (SSSR count). The van der Waals surface area contributed by atoms with Crippen LogP contribution >= 0.6 is 12.2 Å². The number of hydrogen-bond acceptors (Lipinski definition) is 2. The van der Waals surface area contributed by atoms with E-state index in [0.717, 1.165) is 6.42 Å². The van der Waals surface area contributed by atoms with Crippen LogP contribution in [0.5, 0.6) is 0 Å². The zero-order chi connectivity index (χ0) is 14.5. The summed E-state index contributed by atoms with van der Waals surface area (Å²) >= 11 is 4.87. The third-order valence-electron chi connectivity index (χ3n) is 4.25. The first kappa shape index (κ1) is 15.2. The van der Waals surface area contributed by atoms with Gasteiger partial charge in [-0.05, 0) is 43.4 Å². The van der Waals surface area contributed by atoms with Crippen molar-refractivity contribution in [2.75, 3.05) is 5.32 Å². The summed E-state index contributed by atoms with van der Waals surface area (Å²) in [6.45, 7) is 2.16. The number of benzene rings is 1. The van der Waals surface area contributed by atoms with E-state index in [9.17, 15) is 4.39 Å². The summed E-state index contributed by atoms with van der Waals surface area (Å²) < 4.78 is 14.1. The second-order valence-electron chi connectivity index (χ2n) is 5.62. The standard InChI is InChI=1S/C16H23FN2S/c1-2-14(11-6-4-3-5-7-11)19-15-9-8-12(16(18)20)10-13(15)17/h8-11,14,19H,2-7H2,1H3,(H2,18,20). The van der Waals surface area contributed by atoms with Gasteiger partial charge in [0.15, 0.2) is 0 Å². The zero-order valence-corrected chi connectivity index (χ0v) is 12.8. The average Bonchev–Trinajstić information content (AvgIpc) is 2.46. The van der Waals surface area contributed by atoms with Crippen LogP contribution < -0.4 is 11.1 Å². The predicted molar refractivity (Wildman–Crippen MR) is 86.6 cm³/mol. The van der Waals surface area contributed by atoms with Crippen molar-refractivity contribution in [1.82, 2.24) is 0 Å². The van der Waals surface area contributed by atoms with Gasteiger partial charge in [-0.1, -0.05) is 38.4 Å². The third kappa shape index (κ3) is 3.69. The van der Waals surface area contributed by atoms with E-state index in [0.29, 0.717) is 23.2 Å². The van der Waals surface area contributed by atoms with Crippen LogP contribution in [0.4, 0.5) is 10.1 Å². The summed E-state index contributed by atoms with van der Waals surface area (Å²) in [6.07, 6.45) is 7.44. The molecule has 3 N–H and O–H groups in total. The van der Waals surface area contributed by atoms with Crippen LogP contribution in [-0.2, 0) is 0 Å². The summed E-state index contributed by atoms with van der Waals surface area (Å²) in [5.74, 6) is 0.382. The van der Waals surface area contributed by atoms with Crippen molar-refractivity contribution in [1.29, 1.82) is 0 Å². The van der Waals surface area contributed by atoms with Gasteiger partial charge in [-0.15, -0.1) is 0 Å². The van der Waals surface area contributed by atoms with Crippen molar-refractivity contribution in [2.24, 2.45) is 11.7 Å². The molecule has 0 heterocycles. The van der Waals surface area contributed by atoms with E-state index in [1.807, 2.05) is 0 Å². The Labute approximate surface area is 125 Å². The maximum atomic E-state index is 14.1. The molecule has 0 amide bonds. The summed E-state index contributed by atoms with van der Waals surface area (Å²) in [6, 6.07) is 5.29. The van der Waals surface area contributed by atoms with Crippen molar-refractivity contribution in [3.63, 3.8) is 0 Å². The van der Waals surface area contributed by atoms with E-state index >= 15 is 0 Å². The van der Waals surface area contributed by atoms with Crippen LogP contribution in [0, 0.1) is 11.7 Å². The summed E-state index contributed by atoms with van der Waals surface area (Å²) in [4.78, 5) is 0.231. The SMILES string of the molecule is CCC(Nc1ccc(C(N)=S)cc1F)C1CCCCC1. The van der Waals surface area contributed by atoms with Gasteiger partial charge in [0, 0.05) is 11.6 Å². The molecule has 110 valence electrons. The summed E-state index contributed by atoms with van der Waals surface area (Å²) in [5.41, 5.74) is 6.66. The lowest BCUT2D eigenvalue weighted by molar-refractivity contribution is 0.312. The van der Waals surface area contributed by atoms with Crippen molar-refractivity contribution in [3.05, 3.63) is 29.6 Å². The van der Waals surface area contributed by atoms with E-state index < -0.39 is 0 Å². The summed E-state index contributed by atoms with van der Waals surface area (Å²) in [5, 5.41) is 3.37. The lowest BCUT2D eigenvalue weighted by Gasteiger charge is -2.31. The monoisotopic (exact) mass is 294 g/mol. The Kier molecular flexibility index (Phi) is 5.35. The highest BCUT2D eigenvalue weighted by Crippen LogP contribution is 2.30. The molecule has 1 aliphatic rings. The Morgan fingerprint density at radius 3 is 2.65 bits per heavy atom. The Morgan fingerprint density at radius 1 is 1.40 bits per heavy atom. The molecule has 0 bridgehead atoms. The average molecular weight is 294 g/mol. The van der Waals surface area contributed by atoms with E-state index in [2.05, 4.69) is 12.2 Å². The zero-order valence-electron chi connectivity index (χ0n) is 12.0. The molecule has 1 aliphatic carbocycles. The minimum atomic E-state index is -0.274. The first-order chi connectivity index (χ1) is 9.61. The van der Waals surface area contributed by atoms with Crippen molar-refractivity contribution in [3.8, 4) is 0 Å². The van der Waals surface area contributed by atoms with Crippen LogP contribution in [-0.4, -0.2) is 11.0 Å². The van der Waals surface area contributed by atoms with Gasteiger partial charge in [0.2, 0.25) is 0 Å². The Balaban J connectivity index is 2.08. The quantitative estimate of drug-likeness (QED) is 0.798. The van der Waals surface area contributed by atoms with Crippen molar-refractivity contribution in [2.45, 2.75) is 51.5 Å². The van der Waals surface area contributed by atoms with Gasteiger partial charge in [-0.3, -0.25) is 0 Å². The van der Waals surface area contributed by atoms with E-state index in [1.165, 1.54) is 38.2 Å². The van der Waals surface area contributed by atoms with Gasteiger partial charge in [0.05, 0.1) is 5.69 Å². The molecule has 1 aromatic rings. The lowest BCUT2D eigenvalue weighted by Crippen LogP contribution is -2.30. The number of rotatable bonds is 5. The summed E-state index contributed by atoms with van der Waals surface area (Å²) in [7, 11) is 0. The van der Waals surface area contributed by atoms with E-state index in [4.69, 9.17) is 18.0 Å². The Hall–Kier alpha value is -1.16. The number of nitrogens with one attached hydrogen (secondary N) is 1. The molecule has 0 aliphatic heterocycles. The van der Waals surface area contributed by atoms with Gasteiger partial charge in [0.25, 0.3) is 0 Å². The first-order valence-electron chi connectivity index (χ1n) is 7.47. The van der Waals surface area contributed by atoms with Crippen molar-refractivity contribution < 1.29 is 4.39 Å². The Bertz CT molecular complexity index is 470. The maximum absolute atomic E-state index is 14.1. The van der Waals surface area contributed by atoms with Crippen LogP contribution in [0.1, 0.15) is 51.0 Å². The van der Waals surface area contributed by atoms with Gasteiger partial charge < -0.3 is 11.1 Å². The highest BCUT2D eigenvalue weighted by Gasteiger charge is 2.22. The molecule has 1 atom stereocenters. The molecular weight excluding hydrogens is 271 g/mol. The normalized spacial score (nSPS) is 17.7. The number of anilines is 1. The second-order valence-corrected chi connectivity index (χ2v) is 6.06. The fourth-order valence-corrected chi connectivity index (χ4v) is 3.20. The van der Waals surface area contributed by atoms with Crippen molar-refractivity contribution >= 4 is 22.9 Å². The molecule has 0 aromatic heterocycles. The number of nitrogens with two attached hydrogens (primary N) is 1. The highest BCUT2D eigenvalue weighted by molar-refractivity contribution is 7.80. The van der Waals surface area contributed by atoms with Crippen LogP contribution in [0.3, 0.4) is 0 Å². The maximum Gasteiger partial charge on any atom is 0.146 e. The van der Waals surface area contributed by atoms with Gasteiger partial charge in [-0.25, -0.2) is 4.39 Å².